The van der Waals surface area contributed by atoms with E-state index in [1.165, 1.54) is 35.5 Å². The van der Waals surface area contributed by atoms with E-state index >= 15 is 0 Å². The largest absolute Gasteiger partial charge is 0.495 e. The molecule has 186 valence electrons. The standard InChI is InChI=1S/C24H32FN3O5S/c1-5-20(24(30)26-2)27(17-18-12-14-19(25)15-13-18)23(29)11-8-16-28(34(4,31)32)21-9-6-7-10-22(21)33-3/h6-7,9-10,12-15,20H,5,8,11,16-17H2,1-4H3,(H,26,30)/t20-/m0/s1. The highest BCUT2D eigenvalue weighted by molar-refractivity contribution is 7.92. The van der Waals surface area contributed by atoms with E-state index in [1.54, 1.807) is 43.3 Å². The maximum absolute atomic E-state index is 13.3. The Morgan fingerprint density at radius 1 is 1.12 bits per heavy atom. The fourth-order valence-corrected chi connectivity index (χ4v) is 4.66. The van der Waals surface area contributed by atoms with Crippen LogP contribution in [0.5, 0.6) is 5.75 Å². The van der Waals surface area contributed by atoms with Gasteiger partial charge in [-0.3, -0.25) is 13.9 Å². The van der Waals surface area contributed by atoms with Crippen LogP contribution in [-0.2, 0) is 26.2 Å². The van der Waals surface area contributed by atoms with Gasteiger partial charge in [-0.2, -0.15) is 0 Å². The molecule has 0 heterocycles. The van der Waals surface area contributed by atoms with Crippen molar-refractivity contribution in [1.82, 2.24) is 10.2 Å². The predicted molar refractivity (Wildman–Crippen MR) is 130 cm³/mol. The lowest BCUT2D eigenvalue weighted by molar-refractivity contribution is -0.141. The van der Waals surface area contributed by atoms with Crippen molar-refractivity contribution in [3.05, 3.63) is 59.9 Å². The number of rotatable bonds is 12. The SMILES string of the molecule is CC[C@@H](C(=O)NC)N(Cc1ccc(F)cc1)C(=O)CCCN(c1ccccc1OC)S(C)(=O)=O. The molecule has 10 heteroatoms. The Morgan fingerprint density at radius 3 is 2.32 bits per heavy atom. The summed E-state index contributed by atoms with van der Waals surface area (Å²) in [6.07, 6.45) is 1.74. The second-order valence-electron chi connectivity index (χ2n) is 7.80. The Labute approximate surface area is 200 Å². The number of hydrogen-bond donors (Lipinski definition) is 1. The number of nitrogens with one attached hydrogen (secondary N) is 1. The first-order valence-electron chi connectivity index (χ1n) is 11.0. The number of carbonyl (C=O) groups is 2. The molecule has 0 saturated heterocycles. The molecule has 34 heavy (non-hydrogen) atoms. The molecule has 0 aliphatic rings. The Hall–Kier alpha value is -3.14. The van der Waals surface area contributed by atoms with Crippen molar-refractivity contribution < 1.29 is 27.1 Å². The Morgan fingerprint density at radius 2 is 1.76 bits per heavy atom. The highest BCUT2D eigenvalue weighted by atomic mass is 32.2. The van der Waals surface area contributed by atoms with Crippen molar-refractivity contribution in [3.8, 4) is 5.75 Å². The van der Waals surface area contributed by atoms with Crippen LogP contribution >= 0.6 is 0 Å². The molecule has 0 unspecified atom stereocenters. The first kappa shape index (κ1) is 27.1. The number of likely N-dealkylation sites (N-methyl/N-ethyl adjacent to an activating group) is 1. The maximum Gasteiger partial charge on any atom is 0.242 e. The number of methoxy groups -OCH3 is 1. The first-order chi connectivity index (χ1) is 16.1. The van der Waals surface area contributed by atoms with E-state index in [2.05, 4.69) is 5.32 Å². The molecule has 0 aliphatic heterocycles. The van der Waals surface area contributed by atoms with E-state index in [1.807, 2.05) is 0 Å². The molecule has 2 amide bonds. The lowest BCUT2D eigenvalue weighted by Crippen LogP contribution is -2.48. The van der Waals surface area contributed by atoms with Gasteiger partial charge >= 0.3 is 0 Å². The molecular formula is C24H32FN3O5S. The van der Waals surface area contributed by atoms with Gasteiger partial charge < -0.3 is 15.0 Å². The second-order valence-corrected chi connectivity index (χ2v) is 9.70. The zero-order valence-electron chi connectivity index (χ0n) is 20.0. The maximum atomic E-state index is 13.3. The van der Waals surface area contributed by atoms with Gasteiger partial charge in [-0.15, -0.1) is 0 Å². The molecule has 0 bridgehead atoms. The number of carbonyl (C=O) groups excluding carboxylic acids is 2. The van der Waals surface area contributed by atoms with E-state index in [0.717, 1.165) is 6.26 Å². The monoisotopic (exact) mass is 493 g/mol. The van der Waals surface area contributed by atoms with E-state index in [4.69, 9.17) is 4.74 Å². The molecule has 0 aliphatic carbocycles. The molecule has 0 saturated carbocycles. The third kappa shape index (κ3) is 7.18. The summed E-state index contributed by atoms with van der Waals surface area (Å²) in [6, 6.07) is 11.8. The topological polar surface area (TPSA) is 96.0 Å². The molecule has 8 nitrogen and oxygen atoms in total. The minimum Gasteiger partial charge on any atom is -0.495 e. The number of ether oxygens (including phenoxy) is 1. The number of sulfonamides is 1. The molecular weight excluding hydrogens is 461 g/mol. The fraction of sp³-hybridized carbons (Fsp3) is 0.417. The van der Waals surface area contributed by atoms with Crippen molar-refractivity contribution in [2.75, 3.05) is 31.3 Å². The molecule has 1 N–H and O–H groups in total. The van der Waals surface area contributed by atoms with Crippen molar-refractivity contribution in [1.29, 1.82) is 0 Å². The summed E-state index contributed by atoms with van der Waals surface area (Å²) in [5.74, 6) is -0.585. The van der Waals surface area contributed by atoms with Crippen LogP contribution < -0.4 is 14.4 Å². The number of amides is 2. The van der Waals surface area contributed by atoms with Gasteiger partial charge in [0.25, 0.3) is 0 Å². The zero-order chi connectivity index (χ0) is 25.3. The van der Waals surface area contributed by atoms with Gasteiger partial charge in [-0.1, -0.05) is 31.2 Å². The minimum absolute atomic E-state index is 0.0237. The van der Waals surface area contributed by atoms with Crippen molar-refractivity contribution in [2.45, 2.75) is 38.8 Å². The van der Waals surface area contributed by atoms with Gasteiger partial charge in [0.1, 0.15) is 17.6 Å². The highest BCUT2D eigenvalue weighted by Crippen LogP contribution is 2.29. The van der Waals surface area contributed by atoms with Crippen LogP contribution in [0.4, 0.5) is 10.1 Å². The van der Waals surface area contributed by atoms with Crippen LogP contribution in [0.2, 0.25) is 0 Å². The number of hydrogen-bond acceptors (Lipinski definition) is 5. The third-order valence-electron chi connectivity index (χ3n) is 5.40. The number of anilines is 1. The van der Waals surface area contributed by atoms with Crippen molar-refractivity contribution in [3.63, 3.8) is 0 Å². The van der Waals surface area contributed by atoms with Crippen molar-refractivity contribution >= 4 is 27.5 Å². The molecule has 2 rings (SSSR count). The van der Waals surface area contributed by atoms with E-state index in [0.29, 0.717) is 23.4 Å². The number of halogens is 1. The lowest BCUT2D eigenvalue weighted by Gasteiger charge is -2.31. The fourth-order valence-electron chi connectivity index (χ4n) is 3.69. The highest BCUT2D eigenvalue weighted by Gasteiger charge is 2.28. The predicted octanol–water partition coefficient (Wildman–Crippen LogP) is 2.93. The Balaban J connectivity index is 2.21. The van der Waals surface area contributed by atoms with Gasteiger partial charge in [-0.25, -0.2) is 12.8 Å². The Bertz CT molecular complexity index is 1080. The van der Waals surface area contributed by atoms with Gasteiger partial charge in [-0.05, 0) is 42.7 Å². The number of benzene rings is 2. The third-order valence-corrected chi connectivity index (χ3v) is 6.58. The second kappa shape index (κ2) is 12.4. The van der Waals surface area contributed by atoms with Gasteiger partial charge in [0.2, 0.25) is 21.8 Å². The number of para-hydroxylation sites is 2. The quantitative estimate of drug-likeness (QED) is 0.491. The van der Waals surface area contributed by atoms with Crippen LogP contribution in [0.15, 0.2) is 48.5 Å². The molecule has 0 radical (unpaired) electrons. The minimum atomic E-state index is -3.63. The van der Waals surface area contributed by atoms with Crippen LogP contribution in [0.3, 0.4) is 0 Å². The van der Waals surface area contributed by atoms with Crippen LogP contribution in [-0.4, -0.2) is 58.1 Å². The summed E-state index contributed by atoms with van der Waals surface area (Å²) in [6.45, 7) is 2.00. The zero-order valence-corrected chi connectivity index (χ0v) is 20.8. The summed E-state index contributed by atoms with van der Waals surface area (Å²) >= 11 is 0. The molecule has 1 atom stereocenters. The average molecular weight is 494 g/mol. The normalized spacial score (nSPS) is 12.0. The van der Waals surface area contributed by atoms with Gasteiger partial charge in [0.05, 0.1) is 19.1 Å². The van der Waals surface area contributed by atoms with Crippen LogP contribution in [0.25, 0.3) is 0 Å². The summed E-state index contributed by atoms with van der Waals surface area (Å²) in [4.78, 5) is 27.1. The molecule has 0 spiro atoms. The summed E-state index contributed by atoms with van der Waals surface area (Å²) in [5.41, 5.74) is 1.07. The summed E-state index contributed by atoms with van der Waals surface area (Å²) in [7, 11) is -0.670. The molecule has 0 aromatic heterocycles. The van der Waals surface area contributed by atoms with E-state index in [-0.39, 0.29) is 37.7 Å². The van der Waals surface area contributed by atoms with Crippen LogP contribution in [0, 0.1) is 5.82 Å². The van der Waals surface area contributed by atoms with E-state index in [9.17, 15) is 22.4 Å². The first-order valence-corrected chi connectivity index (χ1v) is 12.8. The smallest absolute Gasteiger partial charge is 0.242 e. The lowest BCUT2D eigenvalue weighted by atomic mass is 10.1. The van der Waals surface area contributed by atoms with Crippen molar-refractivity contribution in [2.24, 2.45) is 0 Å². The molecule has 0 fully saturated rings. The summed E-state index contributed by atoms with van der Waals surface area (Å²) in [5, 5.41) is 2.58. The Kier molecular flexibility index (Phi) is 9.85. The number of nitrogens with zero attached hydrogens (tertiary/aromatic N) is 2. The molecule has 2 aromatic carbocycles. The van der Waals surface area contributed by atoms with E-state index < -0.39 is 21.9 Å². The summed E-state index contributed by atoms with van der Waals surface area (Å²) < 4.78 is 44.7. The average Bonchev–Trinajstić information content (AvgIpc) is 2.81. The van der Waals surface area contributed by atoms with Gasteiger partial charge in [0, 0.05) is 26.6 Å². The van der Waals surface area contributed by atoms with Crippen LogP contribution in [0.1, 0.15) is 31.7 Å². The molecule has 2 aromatic rings. The van der Waals surface area contributed by atoms with Gasteiger partial charge in [0.15, 0.2) is 0 Å².